The molecule has 2 aromatic heterocycles. The smallest absolute Gasteiger partial charge is 0.296 e. The lowest BCUT2D eigenvalue weighted by Gasteiger charge is -2.13. The molecule has 0 bridgehead atoms. The van der Waals surface area contributed by atoms with E-state index in [4.69, 9.17) is 9.47 Å². The SMILES string of the molecule is COc1cc(NC(=O)c2nc3c(=O)n(Cc4ccccc4C)c4cc(C)ccc4n3n2)cc(OC)c1. The summed E-state index contributed by atoms with van der Waals surface area (Å²) in [6, 6.07) is 18.7. The fraction of sp³-hybridized carbons (Fsp3) is 0.185. The Morgan fingerprint density at radius 1 is 0.944 bits per heavy atom. The third-order valence-electron chi connectivity index (χ3n) is 6.10. The number of rotatable bonds is 6. The van der Waals surface area contributed by atoms with E-state index >= 15 is 0 Å². The van der Waals surface area contributed by atoms with Crippen molar-refractivity contribution >= 4 is 28.3 Å². The third kappa shape index (κ3) is 4.15. The molecule has 182 valence electrons. The Hall–Kier alpha value is -4.66. The lowest BCUT2D eigenvalue weighted by molar-refractivity contribution is 0.101. The molecule has 0 aliphatic heterocycles. The highest BCUT2D eigenvalue weighted by Gasteiger charge is 2.20. The highest BCUT2D eigenvalue weighted by atomic mass is 16.5. The number of nitrogens with zero attached hydrogens (tertiary/aromatic N) is 4. The molecule has 0 atom stereocenters. The lowest BCUT2D eigenvalue weighted by atomic mass is 10.1. The molecule has 36 heavy (non-hydrogen) atoms. The summed E-state index contributed by atoms with van der Waals surface area (Å²) in [6.07, 6.45) is 0. The van der Waals surface area contributed by atoms with Crippen molar-refractivity contribution in [3.8, 4) is 11.5 Å². The molecule has 0 saturated carbocycles. The number of benzene rings is 3. The molecule has 0 unspecified atom stereocenters. The van der Waals surface area contributed by atoms with Crippen molar-refractivity contribution in [3.63, 3.8) is 0 Å². The van der Waals surface area contributed by atoms with Gasteiger partial charge in [0.1, 0.15) is 11.5 Å². The normalized spacial score (nSPS) is 11.1. The van der Waals surface area contributed by atoms with Gasteiger partial charge in [0.05, 0.1) is 31.8 Å². The van der Waals surface area contributed by atoms with Crippen LogP contribution in [-0.4, -0.2) is 39.3 Å². The summed E-state index contributed by atoms with van der Waals surface area (Å²) >= 11 is 0. The highest BCUT2D eigenvalue weighted by molar-refractivity contribution is 6.02. The van der Waals surface area contributed by atoms with E-state index in [-0.39, 0.29) is 17.0 Å². The number of methoxy groups -OCH3 is 2. The maximum absolute atomic E-state index is 13.6. The molecule has 1 N–H and O–H groups in total. The van der Waals surface area contributed by atoms with Gasteiger partial charge in [-0.15, -0.1) is 5.10 Å². The number of ether oxygens (including phenoxy) is 2. The van der Waals surface area contributed by atoms with Crippen LogP contribution in [0.25, 0.3) is 16.7 Å². The van der Waals surface area contributed by atoms with Crippen LogP contribution in [0, 0.1) is 13.8 Å². The van der Waals surface area contributed by atoms with Gasteiger partial charge in [-0.2, -0.15) is 4.98 Å². The third-order valence-corrected chi connectivity index (χ3v) is 6.10. The first-order valence-electron chi connectivity index (χ1n) is 11.4. The molecule has 0 saturated heterocycles. The fourth-order valence-corrected chi connectivity index (χ4v) is 4.15. The van der Waals surface area contributed by atoms with Crippen LogP contribution in [0.4, 0.5) is 5.69 Å². The van der Waals surface area contributed by atoms with Gasteiger partial charge in [0.15, 0.2) is 0 Å². The number of nitrogens with one attached hydrogen (secondary N) is 1. The summed E-state index contributed by atoms with van der Waals surface area (Å²) in [6.45, 7) is 4.36. The predicted molar refractivity (Wildman–Crippen MR) is 137 cm³/mol. The van der Waals surface area contributed by atoms with Crippen LogP contribution < -0.4 is 20.3 Å². The quantitative estimate of drug-likeness (QED) is 0.392. The lowest BCUT2D eigenvalue weighted by Crippen LogP contribution is -2.24. The van der Waals surface area contributed by atoms with E-state index in [9.17, 15) is 9.59 Å². The minimum Gasteiger partial charge on any atom is -0.497 e. The zero-order chi connectivity index (χ0) is 25.4. The van der Waals surface area contributed by atoms with Crippen LogP contribution in [0.15, 0.2) is 65.5 Å². The number of fused-ring (bicyclic) bond motifs is 3. The Morgan fingerprint density at radius 2 is 1.67 bits per heavy atom. The van der Waals surface area contributed by atoms with Gasteiger partial charge in [-0.3, -0.25) is 14.2 Å². The molecular weight excluding hydrogens is 458 g/mol. The zero-order valence-electron chi connectivity index (χ0n) is 20.4. The first-order valence-corrected chi connectivity index (χ1v) is 11.4. The number of hydrogen-bond donors (Lipinski definition) is 1. The van der Waals surface area contributed by atoms with Crippen LogP contribution in [0.2, 0.25) is 0 Å². The highest BCUT2D eigenvalue weighted by Crippen LogP contribution is 2.26. The average Bonchev–Trinajstić information content (AvgIpc) is 3.33. The molecule has 0 fully saturated rings. The largest absolute Gasteiger partial charge is 0.497 e. The predicted octanol–water partition coefficient (Wildman–Crippen LogP) is 3.98. The van der Waals surface area contributed by atoms with Gasteiger partial charge in [-0.05, 0) is 42.7 Å². The van der Waals surface area contributed by atoms with Gasteiger partial charge in [-0.25, -0.2) is 4.52 Å². The minimum atomic E-state index is -0.556. The monoisotopic (exact) mass is 483 g/mol. The summed E-state index contributed by atoms with van der Waals surface area (Å²) in [4.78, 5) is 31.0. The summed E-state index contributed by atoms with van der Waals surface area (Å²) < 4.78 is 13.7. The van der Waals surface area contributed by atoms with Crippen molar-refractivity contribution in [2.75, 3.05) is 19.5 Å². The van der Waals surface area contributed by atoms with E-state index < -0.39 is 5.91 Å². The standard InChI is InChI=1S/C27H25N5O4/c1-16-9-10-22-23(11-16)31(15-18-8-6-5-7-17(18)2)27(34)25-29-24(30-32(22)25)26(33)28-19-12-20(35-3)14-21(13-19)36-4/h5-14H,15H2,1-4H3,(H,28,33). The van der Waals surface area contributed by atoms with E-state index in [1.165, 1.54) is 18.7 Å². The van der Waals surface area contributed by atoms with Crippen molar-refractivity contribution in [1.29, 1.82) is 0 Å². The van der Waals surface area contributed by atoms with E-state index in [2.05, 4.69) is 15.4 Å². The minimum absolute atomic E-state index is 0.0771. The average molecular weight is 484 g/mol. The molecule has 0 aliphatic rings. The Morgan fingerprint density at radius 3 is 2.36 bits per heavy atom. The molecule has 5 aromatic rings. The Bertz CT molecular complexity index is 1660. The van der Waals surface area contributed by atoms with Gasteiger partial charge in [0.2, 0.25) is 11.5 Å². The molecule has 9 heteroatoms. The molecule has 0 radical (unpaired) electrons. The molecule has 9 nitrogen and oxygen atoms in total. The van der Waals surface area contributed by atoms with Crippen LogP contribution in [0.1, 0.15) is 27.3 Å². The first-order chi connectivity index (χ1) is 17.4. The van der Waals surface area contributed by atoms with Gasteiger partial charge in [0, 0.05) is 23.9 Å². The first kappa shape index (κ1) is 23.1. The second-order valence-corrected chi connectivity index (χ2v) is 8.54. The number of aromatic nitrogens is 4. The Kier molecular flexibility index (Phi) is 5.89. The van der Waals surface area contributed by atoms with Crippen LogP contribution in [0.5, 0.6) is 11.5 Å². The number of amides is 1. The number of hydrogen-bond acceptors (Lipinski definition) is 6. The second-order valence-electron chi connectivity index (χ2n) is 8.54. The summed E-state index contributed by atoms with van der Waals surface area (Å²) in [7, 11) is 3.05. The second kappa shape index (κ2) is 9.18. The summed E-state index contributed by atoms with van der Waals surface area (Å²) in [5.41, 5.74) is 4.71. The molecule has 5 rings (SSSR count). The molecule has 0 spiro atoms. The Balaban J connectivity index is 1.62. The van der Waals surface area contributed by atoms with Crippen LogP contribution in [-0.2, 0) is 6.54 Å². The molecule has 0 aliphatic carbocycles. The number of carbonyl (C=O) groups excluding carboxylic acids is 1. The topological polar surface area (TPSA) is 99.8 Å². The van der Waals surface area contributed by atoms with E-state index in [1.807, 2.05) is 56.3 Å². The molecule has 2 heterocycles. The summed E-state index contributed by atoms with van der Waals surface area (Å²) in [5, 5.41) is 7.16. The van der Waals surface area contributed by atoms with Gasteiger partial charge < -0.3 is 14.8 Å². The van der Waals surface area contributed by atoms with Crippen LogP contribution >= 0.6 is 0 Å². The van der Waals surface area contributed by atoms with E-state index in [0.29, 0.717) is 34.8 Å². The zero-order valence-corrected chi connectivity index (χ0v) is 20.4. The summed E-state index contributed by atoms with van der Waals surface area (Å²) in [5.74, 6) is 0.365. The Labute approximate surface area is 206 Å². The molecular formula is C27H25N5O4. The van der Waals surface area contributed by atoms with Gasteiger partial charge >= 0.3 is 0 Å². The maximum Gasteiger partial charge on any atom is 0.296 e. The van der Waals surface area contributed by atoms with Crippen molar-refractivity contribution in [3.05, 3.63) is 93.5 Å². The van der Waals surface area contributed by atoms with Crippen molar-refractivity contribution in [1.82, 2.24) is 19.2 Å². The maximum atomic E-state index is 13.6. The van der Waals surface area contributed by atoms with E-state index in [0.717, 1.165) is 16.7 Å². The number of carbonyl (C=O) groups is 1. The van der Waals surface area contributed by atoms with Gasteiger partial charge in [0.25, 0.3) is 11.5 Å². The van der Waals surface area contributed by atoms with Crippen molar-refractivity contribution in [2.24, 2.45) is 0 Å². The van der Waals surface area contributed by atoms with Crippen LogP contribution in [0.3, 0.4) is 0 Å². The van der Waals surface area contributed by atoms with Crippen molar-refractivity contribution < 1.29 is 14.3 Å². The van der Waals surface area contributed by atoms with Crippen molar-refractivity contribution in [2.45, 2.75) is 20.4 Å². The number of anilines is 1. The molecule has 3 aromatic carbocycles. The number of aryl methyl sites for hydroxylation is 2. The van der Waals surface area contributed by atoms with E-state index in [1.54, 1.807) is 22.8 Å². The molecule has 1 amide bonds. The van der Waals surface area contributed by atoms with Gasteiger partial charge in [-0.1, -0.05) is 30.3 Å². The fourth-order valence-electron chi connectivity index (χ4n) is 4.15.